The second-order valence-electron chi connectivity index (χ2n) is 2.67. The molecule has 1 rings (SSSR count). The normalized spacial score (nSPS) is 12.7. The molecule has 0 saturated heterocycles. The van der Waals surface area contributed by atoms with E-state index in [0.717, 1.165) is 6.20 Å². The highest BCUT2D eigenvalue weighted by molar-refractivity contribution is 5.94. The summed E-state index contributed by atoms with van der Waals surface area (Å²) < 4.78 is 0. The van der Waals surface area contributed by atoms with E-state index in [0.29, 0.717) is 5.69 Å². The standard InChI is InChI=1S/C9H10N2O4/c12-9(13)7-3-1-2-4-8(7)10-5-6-11(14)15/h1-6,10-11,14H,(H,12,13). The van der Waals surface area contributed by atoms with Crippen LogP contribution in [0.1, 0.15) is 10.4 Å². The van der Waals surface area contributed by atoms with Crippen LogP contribution in [0.3, 0.4) is 0 Å². The Hall–Kier alpha value is -1.89. The van der Waals surface area contributed by atoms with Crippen LogP contribution in [0.25, 0.3) is 0 Å². The number of nitrogens with one attached hydrogen (secondary N) is 2. The maximum Gasteiger partial charge on any atom is 0.337 e. The smallest absolute Gasteiger partial charge is 0.337 e. The van der Waals surface area contributed by atoms with Crippen LogP contribution >= 0.6 is 0 Å². The topological polar surface area (TPSA) is 97.1 Å². The zero-order chi connectivity index (χ0) is 11.3. The number of aromatic carboxylic acids is 1. The summed E-state index contributed by atoms with van der Waals surface area (Å²) in [6.07, 6.45) is 2.06. The van der Waals surface area contributed by atoms with Gasteiger partial charge in [-0.25, -0.2) is 10.0 Å². The first-order valence-corrected chi connectivity index (χ1v) is 4.09. The number of carboxylic acids is 1. The molecule has 0 aromatic heterocycles. The van der Waals surface area contributed by atoms with Gasteiger partial charge in [-0.05, 0) is 12.1 Å². The van der Waals surface area contributed by atoms with E-state index in [1.54, 1.807) is 18.2 Å². The third-order valence-corrected chi connectivity index (χ3v) is 1.62. The highest BCUT2D eigenvalue weighted by Crippen LogP contribution is 2.14. The maximum atomic E-state index is 10.7. The van der Waals surface area contributed by atoms with Gasteiger partial charge in [-0.15, -0.1) is 0 Å². The molecule has 0 aliphatic carbocycles. The molecule has 1 atom stereocenters. The Labute approximate surface area is 85.6 Å². The number of para-hydroxylation sites is 1. The van der Waals surface area contributed by atoms with Gasteiger partial charge in [0, 0.05) is 0 Å². The predicted octanol–water partition coefficient (Wildman–Crippen LogP) is 0.0398. The van der Waals surface area contributed by atoms with Crippen LogP contribution in [-0.2, 0) is 0 Å². The molecular formula is C9H10N2O4. The van der Waals surface area contributed by atoms with Crippen molar-refractivity contribution >= 4 is 11.7 Å². The van der Waals surface area contributed by atoms with Gasteiger partial charge in [-0.3, -0.25) is 0 Å². The monoisotopic (exact) mass is 210 g/mol. The lowest BCUT2D eigenvalue weighted by atomic mass is 10.2. The fourth-order valence-electron chi connectivity index (χ4n) is 0.998. The molecule has 1 aromatic rings. The average molecular weight is 210 g/mol. The minimum Gasteiger partial charge on any atom is -0.595 e. The van der Waals surface area contributed by atoms with Crippen molar-refractivity contribution in [2.75, 3.05) is 5.32 Å². The second kappa shape index (κ2) is 5.11. The molecule has 6 nitrogen and oxygen atoms in total. The fraction of sp³-hybridized carbons (Fsp3) is 0. The Kier molecular flexibility index (Phi) is 3.81. The number of carboxylic acid groups (broad SMARTS) is 1. The summed E-state index contributed by atoms with van der Waals surface area (Å²) in [7, 11) is 0. The molecule has 15 heavy (non-hydrogen) atoms. The van der Waals surface area contributed by atoms with Crippen molar-refractivity contribution in [1.82, 2.24) is 0 Å². The number of anilines is 1. The highest BCUT2D eigenvalue weighted by Gasteiger charge is 2.06. The molecule has 0 heterocycles. The molecule has 0 spiro atoms. The first-order chi connectivity index (χ1) is 7.11. The van der Waals surface area contributed by atoms with Crippen LogP contribution < -0.4 is 10.5 Å². The van der Waals surface area contributed by atoms with Gasteiger partial charge in [-0.2, -0.15) is 5.23 Å². The number of hydroxylamine groups is 2. The fourth-order valence-corrected chi connectivity index (χ4v) is 0.998. The summed E-state index contributed by atoms with van der Waals surface area (Å²) in [6, 6.07) is 6.23. The molecule has 0 amide bonds. The number of benzene rings is 1. The molecule has 6 heteroatoms. The van der Waals surface area contributed by atoms with Crippen molar-refractivity contribution in [1.29, 1.82) is 0 Å². The molecule has 1 aromatic carbocycles. The van der Waals surface area contributed by atoms with E-state index in [2.05, 4.69) is 5.32 Å². The van der Waals surface area contributed by atoms with Gasteiger partial charge in [0.15, 0.2) is 0 Å². The SMILES string of the molecule is O=C(O)c1ccccc1NC=C[NH+]([O-])O. The van der Waals surface area contributed by atoms with Crippen LogP contribution in [0.4, 0.5) is 5.69 Å². The summed E-state index contributed by atoms with van der Waals surface area (Å²) in [5.74, 6) is -1.07. The van der Waals surface area contributed by atoms with Crippen LogP contribution in [0.15, 0.2) is 36.7 Å². The maximum absolute atomic E-state index is 10.7. The Balaban J connectivity index is 2.80. The number of carbonyl (C=O) groups is 1. The van der Waals surface area contributed by atoms with E-state index in [1.165, 1.54) is 12.3 Å². The number of rotatable bonds is 4. The van der Waals surface area contributed by atoms with Gasteiger partial charge < -0.3 is 15.6 Å². The first kappa shape index (κ1) is 11.2. The molecule has 80 valence electrons. The zero-order valence-corrected chi connectivity index (χ0v) is 7.68. The highest BCUT2D eigenvalue weighted by atomic mass is 16.8. The summed E-state index contributed by atoms with van der Waals surface area (Å²) in [6.45, 7) is 0. The molecule has 1 unspecified atom stereocenters. The molecule has 0 aliphatic rings. The largest absolute Gasteiger partial charge is 0.595 e. The molecular weight excluding hydrogens is 200 g/mol. The Morgan fingerprint density at radius 3 is 2.73 bits per heavy atom. The van der Waals surface area contributed by atoms with Crippen molar-refractivity contribution in [2.24, 2.45) is 0 Å². The molecule has 0 fully saturated rings. The first-order valence-electron chi connectivity index (χ1n) is 4.09. The van der Waals surface area contributed by atoms with Crippen molar-refractivity contribution in [2.45, 2.75) is 0 Å². The lowest BCUT2D eigenvalue weighted by molar-refractivity contribution is -1.00. The average Bonchev–Trinajstić information content (AvgIpc) is 2.17. The zero-order valence-electron chi connectivity index (χ0n) is 7.68. The summed E-state index contributed by atoms with van der Waals surface area (Å²) in [5, 5.41) is 28.8. The third kappa shape index (κ3) is 3.39. The summed E-state index contributed by atoms with van der Waals surface area (Å²) in [4.78, 5) is 10.7. The number of hydrogen-bond donors (Lipinski definition) is 4. The van der Waals surface area contributed by atoms with Gasteiger partial charge >= 0.3 is 5.97 Å². The Morgan fingerprint density at radius 1 is 1.47 bits per heavy atom. The van der Waals surface area contributed by atoms with Crippen molar-refractivity contribution in [3.63, 3.8) is 0 Å². The lowest BCUT2D eigenvalue weighted by Crippen LogP contribution is -2.99. The minimum atomic E-state index is -1.10. The van der Waals surface area contributed by atoms with Gasteiger partial charge in [0.1, 0.15) is 6.20 Å². The van der Waals surface area contributed by atoms with Crippen molar-refractivity contribution in [3.8, 4) is 0 Å². The van der Waals surface area contributed by atoms with Gasteiger partial charge in [0.2, 0.25) is 0 Å². The van der Waals surface area contributed by atoms with Gasteiger partial charge in [-0.1, -0.05) is 12.1 Å². The molecule has 0 bridgehead atoms. The third-order valence-electron chi connectivity index (χ3n) is 1.62. The van der Waals surface area contributed by atoms with Gasteiger partial charge in [0.25, 0.3) is 0 Å². The second-order valence-corrected chi connectivity index (χ2v) is 2.67. The van der Waals surface area contributed by atoms with E-state index in [9.17, 15) is 10.0 Å². The van der Waals surface area contributed by atoms with E-state index in [1.807, 2.05) is 0 Å². The summed E-state index contributed by atoms with van der Waals surface area (Å²) in [5.41, 5.74) is 0.440. The molecule has 0 aliphatic heterocycles. The van der Waals surface area contributed by atoms with E-state index < -0.39 is 11.2 Å². The van der Waals surface area contributed by atoms with Crippen molar-refractivity contribution < 1.29 is 20.3 Å². The van der Waals surface area contributed by atoms with Crippen LogP contribution in [0, 0.1) is 5.21 Å². The Morgan fingerprint density at radius 2 is 2.13 bits per heavy atom. The Bertz CT molecular complexity index is 376. The lowest BCUT2D eigenvalue weighted by Gasteiger charge is -2.07. The molecule has 4 N–H and O–H groups in total. The van der Waals surface area contributed by atoms with Crippen LogP contribution in [-0.4, -0.2) is 16.3 Å². The van der Waals surface area contributed by atoms with E-state index >= 15 is 0 Å². The number of quaternary nitrogens is 1. The molecule has 0 saturated carbocycles. The van der Waals surface area contributed by atoms with Crippen molar-refractivity contribution in [3.05, 3.63) is 47.4 Å². The number of hydrogen-bond acceptors (Lipinski definition) is 4. The van der Waals surface area contributed by atoms with Crippen LogP contribution in [0.2, 0.25) is 0 Å². The van der Waals surface area contributed by atoms with Crippen LogP contribution in [0.5, 0.6) is 0 Å². The van der Waals surface area contributed by atoms with Gasteiger partial charge in [0.05, 0.1) is 17.5 Å². The minimum absolute atomic E-state index is 0.0903. The summed E-state index contributed by atoms with van der Waals surface area (Å²) >= 11 is 0. The predicted molar refractivity (Wildman–Crippen MR) is 52.3 cm³/mol. The van der Waals surface area contributed by atoms with E-state index in [4.69, 9.17) is 10.3 Å². The quantitative estimate of drug-likeness (QED) is 0.526. The molecule has 0 radical (unpaired) electrons. The van der Waals surface area contributed by atoms with E-state index in [-0.39, 0.29) is 5.56 Å².